The number of aryl methyl sites for hydroxylation is 1. The minimum atomic E-state index is -0.395. The van der Waals surface area contributed by atoms with Crippen molar-refractivity contribution in [3.05, 3.63) is 53.5 Å². The molecule has 1 amide bonds. The molecule has 0 atom stereocenters. The van der Waals surface area contributed by atoms with Gasteiger partial charge in [0.25, 0.3) is 0 Å². The maximum absolute atomic E-state index is 11.9. The van der Waals surface area contributed by atoms with Gasteiger partial charge in [-0.2, -0.15) is 0 Å². The highest BCUT2D eigenvalue weighted by atomic mass is 32.1. The first-order valence-electron chi connectivity index (χ1n) is 9.72. The lowest BCUT2D eigenvalue weighted by atomic mass is 10.3. The molecule has 29 heavy (non-hydrogen) atoms. The molecule has 1 aliphatic rings. The molecule has 1 aromatic heterocycles. The van der Waals surface area contributed by atoms with Crippen LogP contribution in [0.5, 0.6) is 5.75 Å². The Morgan fingerprint density at radius 2 is 1.97 bits per heavy atom. The number of hydrogen-bond acceptors (Lipinski definition) is 6. The van der Waals surface area contributed by atoms with E-state index in [9.17, 15) is 9.59 Å². The Bertz CT molecular complexity index is 966. The van der Waals surface area contributed by atoms with Gasteiger partial charge >= 0.3 is 5.97 Å². The molecule has 0 spiro atoms. The van der Waals surface area contributed by atoms with Gasteiger partial charge in [-0.3, -0.25) is 4.79 Å². The number of hydrogen-bond donors (Lipinski definition) is 0. The van der Waals surface area contributed by atoms with Crippen LogP contribution in [-0.2, 0) is 20.7 Å². The van der Waals surface area contributed by atoms with E-state index in [1.807, 2.05) is 30.3 Å². The largest absolute Gasteiger partial charge is 0.482 e. The summed E-state index contributed by atoms with van der Waals surface area (Å²) >= 11 is 1.67. The van der Waals surface area contributed by atoms with Gasteiger partial charge in [0.1, 0.15) is 5.75 Å². The van der Waals surface area contributed by atoms with Crippen molar-refractivity contribution in [3.8, 4) is 5.75 Å². The van der Waals surface area contributed by atoms with Gasteiger partial charge in [0.05, 0.1) is 21.8 Å². The van der Waals surface area contributed by atoms with Crippen molar-refractivity contribution in [2.24, 2.45) is 0 Å². The van der Waals surface area contributed by atoms with E-state index in [-0.39, 0.29) is 12.5 Å². The van der Waals surface area contributed by atoms with Gasteiger partial charge < -0.3 is 14.4 Å². The molecule has 0 bridgehead atoms. The van der Waals surface area contributed by atoms with Crippen LogP contribution in [0.3, 0.4) is 0 Å². The van der Waals surface area contributed by atoms with Crippen LogP contribution in [0.15, 0.2) is 48.5 Å². The van der Waals surface area contributed by atoms with Gasteiger partial charge in [0.2, 0.25) is 5.91 Å². The van der Waals surface area contributed by atoms with Crippen LogP contribution >= 0.6 is 11.3 Å². The fourth-order valence-electron chi connectivity index (χ4n) is 3.26. The summed E-state index contributed by atoms with van der Waals surface area (Å²) in [7, 11) is 0. The zero-order chi connectivity index (χ0) is 20.1. The standard InChI is InChI=1S/C22H22N2O4S/c25-21-8-3-13-24(21)16-9-11-17(12-10-16)28-15-22(26)27-14-4-7-20-23-18-5-1-2-6-19(18)29-20/h1-2,5-6,9-12H,3-4,7-8,13-15H2. The van der Waals surface area contributed by atoms with Gasteiger partial charge in [0, 0.05) is 25.1 Å². The molecule has 6 nitrogen and oxygen atoms in total. The normalized spacial score (nSPS) is 13.8. The van der Waals surface area contributed by atoms with Crippen LogP contribution in [0.1, 0.15) is 24.3 Å². The number of benzene rings is 2. The minimum Gasteiger partial charge on any atom is -0.482 e. The number of anilines is 1. The number of carbonyl (C=O) groups excluding carboxylic acids is 2. The van der Waals surface area contributed by atoms with Gasteiger partial charge in [-0.1, -0.05) is 12.1 Å². The van der Waals surface area contributed by atoms with E-state index in [1.54, 1.807) is 28.4 Å². The number of para-hydroxylation sites is 1. The number of ether oxygens (including phenoxy) is 2. The van der Waals surface area contributed by atoms with Gasteiger partial charge in [-0.05, 0) is 49.2 Å². The van der Waals surface area contributed by atoms with Crippen LogP contribution in [0, 0.1) is 0 Å². The predicted octanol–water partition coefficient (Wildman–Crippen LogP) is 3.98. The first-order valence-corrected chi connectivity index (χ1v) is 10.5. The smallest absolute Gasteiger partial charge is 0.344 e. The number of aromatic nitrogens is 1. The molecule has 0 aliphatic carbocycles. The van der Waals surface area contributed by atoms with E-state index < -0.39 is 5.97 Å². The summed E-state index contributed by atoms with van der Waals surface area (Å²) in [6.07, 6.45) is 3.00. The van der Waals surface area contributed by atoms with Crippen molar-refractivity contribution < 1.29 is 19.1 Å². The highest BCUT2D eigenvalue weighted by molar-refractivity contribution is 7.18. The van der Waals surface area contributed by atoms with E-state index in [2.05, 4.69) is 11.1 Å². The SMILES string of the molecule is O=C(COc1ccc(N2CCCC2=O)cc1)OCCCc1nc2ccccc2s1. The number of thiazole rings is 1. The van der Waals surface area contributed by atoms with Crippen LogP contribution in [-0.4, -0.2) is 36.6 Å². The first kappa shape index (κ1) is 19.4. The molecule has 2 aromatic carbocycles. The van der Waals surface area contributed by atoms with E-state index in [4.69, 9.17) is 9.47 Å². The van der Waals surface area contributed by atoms with Crippen LogP contribution in [0.2, 0.25) is 0 Å². The second kappa shape index (κ2) is 9.05. The summed E-state index contributed by atoms with van der Waals surface area (Å²) in [5.41, 5.74) is 1.87. The minimum absolute atomic E-state index is 0.136. The molecule has 1 fully saturated rings. The van der Waals surface area contributed by atoms with E-state index in [1.165, 1.54) is 4.70 Å². The van der Waals surface area contributed by atoms with Crippen molar-refractivity contribution in [2.45, 2.75) is 25.7 Å². The predicted molar refractivity (Wildman–Crippen MR) is 112 cm³/mol. The summed E-state index contributed by atoms with van der Waals surface area (Å²) in [6.45, 7) is 0.958. The molecule has 2 heterocycles. The topological polar surface area (TPSA) is 68.7 Å². The van der Waals surface area contributed by atoms with Gasteiger partial charge in [-0.25, -0.2) is 9.78 Å². The molecule has 4 rings (SSSR count). The molecule has 150 valence electrons. The Balaban J connectivity index is 1.16. The van der Waals surface area contributed by atoms with Crippen LogP contribution < -0.4 is 9.64 Å². The lowest BCUT2D eigenvalue weighted by Crippen LogP contribution is -2.23. The number of carbonyl (C=O) groups is 2. The Hall–Kier alpha value is -2.93. The van der Waals surface area contributed by atoms with Crippen molar-refractivity contribution in [2.75, 3.05) is 24.7 Å². The summed E-state index contributed by atoms with van der Waals surface area (Å²) in [4.78, 5) is 30.0. The molecule has 0 N–H and O–H groups in total. The third-order valence-electron chi connectivity index (χ3n) is 4.71. The van der Waals surface area contributed by atoms with Crippen molar-refractivity contribution in [1.29, 1.82) is 0 Å². The quantitative estimate of drug-likeness (QED) is 0.415. The fourth-order valence-corrected chi connectivity index (χ4v) is 4.27. The summed E-state index contributed by atoms with van der Waals surface area (Å²) < 4.78 is 11.9. The van der Waals surface area contributed by atoms with Crippen molar-refractivity contribution in [3.63, 3.8) is 0 Å². The Labute approximate surface area is 173 Å². The van der Waals surface area contributed by atoms with Gasteiger partial charge in [-0.15, -0.1) is 11.3 Å². The molecular weight excluding hydrogens is 388 g/mol. The highest BCUT2D eigenvalue weighted by Crippen LogP contribution is 2.24. The summed E-state index contributed by atoms with van der Waals surface area (Å²) in [6, 6.07) is 15.2. The lowest BCUT2D eigenvalue weighted by Gasteiger charge is -2.16. The second-order valence-electron chi connectivity index (χ2n) is 6.83. The first-order chi connectivity index (χ1) is 14.2. The lowest BCUT2D eigenvalue weighted by molar-refractivity contribution is -0.146. The zero-order valence-corrected chi connectivity index (χ0v) is 16.8. The molecule has 7 heteroatoms. The Morgan fingerprint density at radius 1 is 1.14 bits per heavy atom. The average Bonchev–Trinajstić information content (AvgIpc) is 3.35. The van der Waals surface area contributed by atoms with Crippen molar-refractivity contribution >= 4 is 39.1 Å². The highest BCUT2D eigenvalue weighted by Gasteiger charge is 2.21. The van der Waals surface area contributed by atoms with Crippen LogP contribution in [0.25, 0.3) is 10.2 Å². The Morgan fingerprint density at radius 3 is 2.72 bits per heavy atom. The van der Waals surface area contributed by atoms with Crippen molar-refractivity contribution in [1.82, 2.24) is 4.98 Å². The molecule has 3 aromatic rings. The molecule has 0 saturated carbocycles. The van der Waals surface area contributed by atoms with E-state index in [0.29, 0.717) is 18.8 Å². The molecule has 1 saturated heterocycles. The van der Waals surface area contributed by atoms with Crippen LogP contribution in [0.4, 0.5) is 5.69 Å². The average molecular weight is 410 g/mol. The van der Waals surface area contributed by atoms with Gasteiger partial charge in [0.15, 0.2) is 6.61 Å². The van der Waals surface area contributed by atoms with E-state index in [0.717, 1.165) is 42.0 Å². The molecule has 0 radical (unpaired) electrons. The molecule has 1 aliphatic heterocycles. The number of nitrogens with zero attached hydrogens (tertiary/aromatic N) is 2. The zero-order valence-electron chi connectivity index (χ0n) is 16.0. The number of esters is 1. The number of fused-ring (bicyclic) bond motifs is 1. The molecule has 0 unspecified atom stereocenters. The maximum atomic E-state index is 11.9. The number of amides is 1. The third-order valence-corrected chi connectivity index (χ3v) is 5.81. The molecular formula is C22H22N2O4S. The number of rotatable bonds is 8. The monoisotopic (exact) mass is 410 g/mol. The fraction of sp³-hybridized carbons (Fsp3) is 0.318. The second-order valence-corrected chi connectivity index (χ2v) is 7.95. The summed E-state index contributed by atoms with van der Waals surface area (Å²) in [5, 5.41) is 1.05. The summed E-state index contributed by atoms with van der Waals surface area (Å²) in [5.74, 6) is 0.327. The Kier molecular flexibility index (Phi) is 6.05. The third kappa shape index (κ3) is 4.92. The van der Waals surface area contributed by atoms with E-state index >= 15 is 0 Å². The maximum Gasteiger partial charge on any atom is 0.344 e.